The Labute approximate surface area is 180 Å². The molecular formula is C24H22N2O5. The molecule has 1 amide bonds. The van der Waals surface area contributed by atoms with Crippen LogP contribution in [0.1, 0.15) is 12.5 Å². The predicted octanol–water partition coefficient (Wildman–Crippen LogP) is 3.82. The smallest absolute Gasteiger partial charge is 0.308 e. The van der Waals surface area contributed by atoms with Crippen molar-refractivity contribution >= 4 is 18.1 Å². The van der Waals surface area contributed by atoms with E-state index in [1.54, 1.807) is 18.2 Å². The Morgan fingerprint density at radius 2 is 1.68 bits per heavy atom. The van der Waals surface area contributed by atoms with Gasteiger partial charge in [0.15, 0.2) is 18.1 Å². The van der Waals surface area contributed by atoms with E-state index in [2.05, 4.69) is 10.5 Å². The molecule has 0 radical (unpaired) electrons. The largest absolute Gasteiger partial charge is 0.493 e. The summed E-state index contributed by atoms with van der Waals surface area (Å²) in [5.74, 6) is 0.454. The molecule has 3 aromatic carbocycles. The fourth-order valence-electron chi connectivity index (χ4n) is 2.81. The highest BCUT2D eigenvalue weighted by atomic mass is 16.6. The summed E-state index contributed by atoms with van der Waals surface area (Å²) < 4.78 is 15.9. The second-order valence-electron chi connectivity index (χ2n) is 6.45. The Morgan fingerprint density at radius 3 is 2.42 bits per heavy atom. The van der Waals surface area contributed by atoms with Crippen molar-refractivity contribution in [1.82, 2.24) is 5.43 Å². The summed E-state index contributed by atoms with van der Waals surface area (Å²) >= 11 is 0. The summed E-state index contributed by atoms with van der Waals surface area (Å²) in [6.45, 7) is 1.13. The quantitative estimate of drug-likeness (QED) is 0.260. The number of methoxy groups -OCH3 is 1. The molecule has 0 fully saturated rings. The first-order valence-corrected chi connectivity index (χ1v) is 9.52. The monoisotopic (exact) mass is 418 g/mol. The van der Waals surface area contributed by atoms with Crippen LogP contribution in [0.2, 0.25) is 0 Å². The van der Waals surface area contributed by atoms with Gasteiger partial charge in [-0.15, -0.1) is 0 Å². The van der Waals surface area contributed by atoms with Gasteiger partial charge >= 0.3 is 5.97 Å². The Balaban J connectivity index is 1.58. The Morgan fingerprint density at radius 1 is 0.935 bits per heavy atom. The van der Waals surface area contributed by atoms with Crippen molar-refractivity contribution in [3.05, 3.63) is 78.4 Å². The van der Waals surface area contributed by atoms with E-state index in [-0.39, 0.29) is 6.61 Å². The van der Waals surface area contributed by atoms with Crippen molar-refractivity contribution in [2.45, 2.75) is 6.92 Å². The topological polar surface area (TPSA) is 86.2 Å². The molecule has 0 saturated carbocycles. The number of nitrogens with zero attached hydrogens (tertiary/aromatic N) is 1. The second kappa shape index (κ2) is 10.6. The van der Waals surface area contributed by atoms with E-state index < -0.39 is 11.9 Å². The number of para-hydroxylation sites is 1. The van der Waals surface area contributed by atoms with Gasteiger partial charge in [0, 0.05) is 12.5 Å². The number of esters is 1. The second-order valence-corrected chi connectivity index (χ2v) is 6.45. The Kier molecular flexibility index (Phi) is 7.37. The number of carbonyl (C=O) groups excluding carboxylic acids is 2. The van der Waals surface area contributed by atoms with Gasteiger partial charge in [0.2, 0.25) is 0 Å². The number of amides is 1. The minimum absolute atomic E-state index is 0.185. The van der Waals surface area contributed by atoms with E-state index in [1.807, 2.05) is 54.6 Å². The lowest BCUT2D eigenvalue weighted by Gasteiger charge is -2.11. The molecule has 0 aromatic heterocycles. The van der Waals surface area contributed by atoms with E-state index in [0.717, 1.165) is 11.1 Å². The summed E-state index contributed by atoms with van der Waals surface area (Å²) in [6.07, 6.45) is 1.45. The van der Waals surface area contributed by atoms with E-state index in [1.165, 1.54) is 20.2 Å². The first-order valence-electron chi connectivity index (χ1n) is 9.52. The maximum Gasteiger partial charge on any atom is 0.308 e. The van der Waals surface area contributed by atoms with Crippen molar-refractivity contribution in [2.24, 2.45) is 5.10 Å². The zero-order valence-electron chi connectivity index (χ0n) is 17.2. The molecule has 0 aliphatic carbocycles. The van der Waals surface area contributed by atoms with Crippen LogP contribution in [0.5, 0.6) is 17.2 Å². The minimum atomic E-state index is -0.444. The molecule has 1 N–H and O–H groups in total. The van der Waals surface area contributed by atoms with Gasteiger partial charge in [0.1, 0.15) is 5.75 Å². The van der Waals surface area contributed by atoms with Crippen molar-refractivity contribution in [1.29, 1.82) is 0 Å². The summed E-state index contributed by atoms with van der Waals surface area (Å²) in [6, 6.07) is 22.2. The van der Waals surface area contributed by atoms with Crippen LogP contribution in [-0.2, 0) is 9.59 Å². The molecule has 0 atom stereocenters. The van der Waals surface area contributed by atoms with Gasteiger partial charge in [-0.25, -0.2) is 5.43 Å². The number of hydrazone groups is 1. The van der Waals surface area contributed by atoms with Crippen molar-refractivity contribution in [3.8, 4) is 28.4 Å². The molecule has 3 aromatic rings. The third-order valence-electron chi connectivity index (χ3n) is 4.17. The molecular weight excluding hydrogens is 396 g/mol. The Hall–Kier alpha value is -4.13. The molecule has 31 heavy (non-hydrogen) atoms. The van der Waals surface area contributed by atoms with E-state index in [9.17, 15) is 9.59 Å². The lowest BCUT2D eigenvalue weighted by Crippen LogP contribution is -2.24. The zero-order valence-corrected chi connectivity index (χ0v) is 17.2. The van der Waals surface area contributed by atoms with Crippen LogP contribution in [0.15, 0.2) is 77.9 Å². The molecule has 7 heteroatoms. The molecule has 3 rings (SSSR count). The zero-order chi connectivity index (χ0) is 22.1. The van der Waals surface area contributed by atoms with E-state index in [4.69, 9.17) is 14.2 Å². The average Bonchev–Trinajstić information content (AvgIpc) is 2.79. The highest BCUT2D eigenvalue weighted by molar-refractivity contribution is 5.84. The lowest BCUT2D eigenvalue weighted by atomic mass is 10.1. The lowest BCUT2D eigenvalue weighted by molar-refractivity contribution is -0.132. The number of carbonyl (C=O) groups is 2. The molecule has 7 nitrogen and oxygen atoms in total. The van der Waals surface area contributed by atoms with Crippen LogP contribution in [0.4, 0.5) is 0 Å². The minimum Gasteiger partial charge on any atom is -0.493 e. The number of nitrogens with one attached hydrogen (secondary N) is 1. The molecule has 0 heterocycles. The highest BCUT2D eigenvalue weighted by Gasteiger charge is 2.09. The van der Waals surface area contributed by atoms with Crippen LogP contribution >= 0.6 is 0 Å². The molecule has 0 unspecified atom stereocenters. The summed E-state index contributed by atoms with van der Waals surface area (Å²) in [7, 11) is 1.47. The summed E-state index contributed by atoms with van der Waals surface area (Å²) in [5.41, 5.74) is 4.98. The van der Waals surface area contributed by atoms with Crippen LogP contribution < -0.4 is 19.6 Å². The van der Waals surface area contributed by atoms with Gasteiger partial charge < -0.3 is 14.2 Å². The van der Waals surface area contributed by atoms with E-state index >= 15 is 0 Å². The molecule has 0 aliphatic heterocycles. The first kappa shape index (κ1) is 21.6. The van der Waals surface area contributed by atoms with Crippen molar-refractivity contribution in [2.75, 3.05) is 13.7 Å². The fourth-order valence-corrected chi connectivity index (χ4v) is 2.81. The maximum atomic E-state index is 12.1. The fraction of sp³-hybridized carbons (Fsp3) is 0.125. The molecule has 158 valence electrons. The average molecular weight is 418 g/mol. The maximum absolute atomic E-state index is 12.1. The van der Waals surface area contributed by atoms with Crippen molar-refractivity contribution < 1.29 is 23.8 Å². The molecule has 0 saturated heterocycles. The molecule has 0 bridgehead atoms. The molecule has 0 spiro atoms. The van der Waals surface area contributed by atoms with Crippen LogP contribution in [-0.4, -0.2) is 31.8 Å². The van der Waals surface area contributed by atoms with Gasteiger partial charge in [-0.1, -0.05) is 48.5 Å². The van der Waals surface area contributed by atoms with Crippen LogP contribution in [0.25, 0.3) is 11.1 Å². The van der Waals surface area contributed by atoms with Crippen molar-refractivity contribution in [3.63, 3.8) is 0 Å². The third-order valence-corrected chi connectivity index (χ3v) is 4.17. The van der Waals surface area contributed by atoms with Gasteiger partial charge in [-0.2, -0.15) is 5.10 Å². The molecule has 0 aliphatic rings. The number of hydrogen-bond acceptors (Lipinski definition) is 6. The van der Waals surface area contributed by atoms with Gasteiger partial charge in [0.25, 0.3) is 5.91 Å². The first-order chi connectivity index (χ1) is 15.1. The highest BCUT2D eigenvalue weighted by Crippen LogP contribution is 2.29. The third kappa shape index (κ3) is 6.17. The standard InChI is InChI=1S/C24H22N2O5/c1-17(27)31-22-13-12-18(14-23(22)29-2)15-25-26-24(28)16-30-21-11-7-6-10-20(21)19-8-4-3-5-9-19/h3-15H,16H2,1-2H3,(H,26,28). The van der Waals surface area contributed by atoms with Gasteiger partial charge in [0.05, 0.1) is 13.3 Å². The number of hydrogen-bond donors (Lipinski definition) is 1. The predicted molar refractivity (Wildman–Crippen MR) is 117 cm³/mol. The van der Waals surface area contributed by atoms with E-state index in [0.29, 0.717) is 22.8 Å². The number of benzene rings is 3. The summed E-state index contributed by atoms with van der Waals surface area (Å²) in [5, 5.41) is 3.93. The number of ether oxygens (including phenoxy) is 3. The Bertz CT molecular complexity index is 1080. The summed E-state index contributed by atoms with van der Waals surface area (Å²) in [4.78, 5) is 23.2. The van der Waals surface area contributed by atoms with Gasteiger partial charge in [-0.3, -0.25) is 9.59 Å². The number of rotatable bonds is 8. The van der Waals surface area contributed by atoms with Crippen LogP contribution in [0.3, 0.4) is 0 Å². The SMILES string of the molecule is COc1cc(C=NNC(=O)COc2ccccc2-c2ccccc2)ccc1OC(C)=O. The normalized spacial score (nSPS) is 10.5. The van der Waals surface area contributed by atoms with Gasteiger partial charge in [-0.05, 0) is 35.4 Å². The van der Waals surface area contributed by atoms with Crippen LogP contribution in [0, 0.1) is 0 Å².